The van der Waals surface area contributed by atoms with Crippen LogP contribution in [0.2, 0.25) is 0 Å². The standard InChI is InChI=1S/C8H10N2O2/c11-8(12)6-2-1-3-7-9-4-5-10(6)7/h4-6H,1-3H2,(H,11,12)/t6-/m1/s1. The molecule has 4 heteroatoms. The highest BCUT2D eigenvalue weighted by Gasteiger charge is 2.25. The molecular weight excluding hydrogens is 156 g/mol. The quantitative estimate of drug-likeness (QED) is 0.672. The lowest BCUT2D eigenvalue weighted by molar-refractivity contribution is -0.141. The highest BCUT2D eigenvalue weighted by molar-refractivity contribution is 5.72. The molecule has 1 aromatic rings. The van der Waals surface area contributed by atoms with Gasteiger partial charge in [0, 0.05) is 18.8 Å². The summed E-state index contributed by atoms with van der Waals surface area (Å²) in [5.74, 6) is 0.141. The van der Waals surface area contributed by atoms with Gasteiger partial charge in [-0.15, -0.1) is 0 Å². The fourth-order valence-electron chi connectivity index (χ4n) is 1.66. The number of nitrogens with zero attached hydrogens (tertiary/aromatic N) is 2. The van der Waals surface area contributed by atoms with E-state index in [2.05, 4.69) is 4.98 Å². The summed E-state index contributed by atoms with van der Waals surface area (Å²) in [5, 5.41) is 8.85. The third-order valence-corrected chi connectivity index (χ3v) is 2.25. The molecule has 4 nitrogen and oxygen atoms in total. The van der Waals surface area contributed by atoms with Crippen LogP contribution >= 0.6 is 0 Å². The number of hydrogen-bond acceptors (Lipinski definition) is 2. The number of aromatic nitrogens is 2. The van der Waals surface area contributed by atoms with Crippen molar-refractivity contribution in [2.45, 2.75) is 25.3 Å². The SMILES string of the molecule is O=C(O)[C@H]1CCCc2nccn21. The van der Waals surface area contributed by atoms with Crippen LogP contribution in [0.3, 0.4) is 0 Å². The van der Waals surface area contributed by atoms with Crippen LogP contribution in [-0.4, -0.2) is 20.6 Å². The second kappa shape index (κ2) is 2.62. The zero-order chi connectivity index (χ0) is 8.55. The first-order chi connectivity index (χ1) is 5.79. The molecule has 2 heterocycles. The maximum atomic E-state index is 10.8. The van der Waals surface area contributed by atoms with Crippen molar-refractivity contribution in [2.24, 2.45) is 0 Å². The van der Waals surface area contributed by atoms with Gasteiger partial charge in [0.15, 0.2) is 0 Å². The number of fused-ring (bicyclic) bond motifs is 1. The zero-order valence-corrected chi connectivity index (χ0v) is 6.60. The average Bonchev–Trinajstić information content (AvgIpc) is 2.49. The van der Waals surface area contributed by atoms with E-state index >= 15 is 0 Å². The molecule has 2 rings (SSSR count). The van der Waals surface area contributed by atoms with Gasteiger partial charge in [-0.3, -0.25) is 0 Å². The van der Waals surface area contributed by atoms with Crippen LogP contribution in [0.15, 0.2) is 12.4 Å². The zero-order valence-electron chi connectivity index (χ0n) is 6.60. The van der Waals surface area contributed by atoms with Gasteiger partial charge in [0.2, 0.25) is 0 Å². The van der Waals surface area contributed by atoms with Gasteiger partial charge in [-0.25, -0.2) is 9.78 Å². The summed E-state index contributed by atoms with van der Waals surface area (Å²) in [5.41, 5.74) is 0. The first-order valence-corrected chi connectivity index (χ1v) is 4.03. The van der Waals surface area contributed by atoms with E-state index in [0.29, 0.717) is 0 Å². The first-order valence-electron chi connectivity index (χ1n) is 4.03. The Labute approximate surface area is 69.8 Å². The molecule has 1 atom stereocenters. The molecule has 0 saturated heterocycles. The van der Waals surface area contributed by atoms with Crippen LogP contribution in [0.1, 0.15) is 24.7 Å². The topological polar surface area (TPSA) is 55.1 Å². The minimum absolute atomic E-state index is 0.392. The Morgan fingerprint density at radius 2 is 2.58 bits per heavy atom. The van der Waals surface area contributed by atoms with Gasteiger partial charge < -0.3 is 9.67 Å². The number of rotatable bonds is 1. The van der Waals surface area contributed by atoms with E-state index in [1.54, 1.807) is 17.0 Å². The molecule has 0 spiro atoms. The number of hydrogen-bond donors (Lipinski definition) is 1. The predicted molar refractivity (Wildman–Crippen MR) is 41.8 cm³/mol. The minimum atomic E-state index is -0.756. The van der Waals surface area contributed by atoms with Crippen LogP contribution in [0.25, 0.3) is 0 Å². The Bertz CT molecular complexity index is 306. The number of imidazole rings is 1. The summed E-state index contributed by atoms with van der Waals surface area (Å²) in [4.78, 5) is 14.9. The Hall–Kier alpha value is -1.32. The number of carbonyl (C=O) groups is 1. The largest absolute Gasteiger partial charge is 0.480 e. The van der Waals surface area contributed by atoms with E-state index < -0.39 is 12.0 Å². The smallest absolute Gasteiger partial charge is 0.326 e. The second-order valence-electron chi connectivity index (χ2n) is 3.00. The van der Waals surface area contributed by atoms with Crippen LogP contribution in [0.4, 0.5) is 0 Å². The van der Waals surface area contributed by atoms with Crippen molar-refractivity contribution in [3.63, 3.8) is 0 Å². The summed E-state index contributed by atoms with van der Waals surface area (Å²) < 4.78 is 1.76. The van der Waals surface area contributed by atoms with E-state index in [1.807, 2.05) is 0 Å². The number of carboxylic acid groups (broad SMARTS) is 1. The van der Waals surface area contributed by atoms with E-state index in [9.17, 15) is 4.79 Å². The highest BCUT2D eigenvalue weighted by atomic mass is 16.4. The van der Waals surface area contributed by atoms with Crippen molar-refractivity contribution in [3.05, 3.63) is 18.2 Å². The van der Waals surface area contributed by atoms with Gasteiger partial charge in [-0.2, -0.15) is 0 Å². The number of carboxylic acids is 1. The summed E-state index contributed by atoms with van der Waals surface area (Å²) in [6.07, 6.45) is 5.95. The molecule has 0 aromatic carbocycles. The Morgan fingerprint density at radius 3 is 3.33 bits per heavy atom. The molecule has 0 radical (unpaired) electrons. The van der Waals surface area contributed by atoms with Crippen molar-refractivity contribution in [2.75, 3.05) is 0 Å². The average molecular weight is 166 g/mol. The summed E-state index contributed by atoms with van der Waals surface area (Å²) in [7, 11) is 0. The summed E-state index contributed by atoms with van der Waals surface area (Å²) in [6, 6.07) is -0.392. The molecule has 1 aliphatic rings. The molecule has 0 bridgehead atoms. The monoisotopic (exact) mass is 166 g/mol. The second-order valence-corrected chi connectivity index (χ2v) is 3.00. The van der Waals surface area contributed by atoms with Crippen LogP contribution in [-0.2, 0) is 11.2 Å². The van der Waals surface area contributed by atoms with Crippen molar-refractivity contribution < 1.29 is 9.90 Å². The molecule has 0 fully saturated rings. The lowest BCUT2D eigenvalue weighted by Gasteiger charge is -2.20. The molecule has 12 heavy (non-hydrogen) atoms. The van der Waals surface area contributed by atoms with E-state index in [0.717, 1.165) is 25.1 Å². The predicted octanol–water partition coefficient (Wildman–Crippen LogP) is 0.845. The molecule has 1 aliphatic heterocycles. The van der Waals surface area contributed by atoms with Crippen molar-refractivity contribution in [1.29, 1.82) is 0 Å². The maximum absolute atomic E-state index is 10.8. The maximum Gasteiger partial charge on any atom is 0.326 e. The van der Waals surface area contributed by atoms with Crippen molar-refractivity contribution >= 4 is 5.97 Å². The van der Waals surface area contributed by atoms with Gasteiger partial charge in [0.1, 0.15) is 11.9 Å². The van der Waals surface area contributed by atoms with Crippen molar-refractivity contribution in [3.8, 4) is 0 Å². The molecule has 1 N–H and O–H groups in total. The molecule has 64 valence electrons. The third kappa shape index (κ3) is 0.995. The number of aryl methyl sites for hydroxylation is 1. The molecule has 0 aliphatic carbocycles. The van der Waals surface area contributed by atoms with Gasteiger partial charge in [0.05, 0.1) is 0 Å². The lowest BCUT2D eigenvalue weighted by atomic mass is 10.1. The minimum Gasteiger partial charge on any atom is -0.480 e. The Balaban J connectivity index is 2.37. The van der Waals surface area contributed by atoms with E-state index in [4.69, 9.17) is 5.11 Å². The van der Waals surface area contributed by atoms with Gasteiger partial charge in [0.25, 0.3) is 0 Å². The summed E-state index contributed by atoms with van der Waals surface area (Å²) in [6.45, 7) is 0. The normalized spacial score (nSPS) is 21.8. The fourth-order valence-corrected chi connectivity index (χ4v) is 1.66. The lowest BCUT2D eigenvalue weighted by Crippen LogP contribution is -2.24. The van der Waals surface area contributed by atoms with Crippen LogP contribution < -0.4 is 0 Å². The van der Waals surface area contributed by atoms with Crippen LogP contribution in [0.5, 0.6) is 0 Å². The molecule has 1 aromatic heterocycles. The molecule has 0 saturated carbocycles. The first kappa shape index (κ1) is 7.34. The summed E-state index contributed by atoms with van der Waals surface area (Å²) >= 11 is 0. The Kier molecular flexibility index (Phi) is 1.60. The van der Waals surface area contributed by atoms with E-state index in [-0.39, 0.29) is 0 Å². The Morgan fingerprint density at radius 1 is 1.75 bits per heavy atom. The number of aliphatic carboxylic acids is 1. The van der Waals surface area contributed by atoms with Crippen molar-refractivity contribution in [1.82, 2.24) is 9.55 Å². The fraction of sp³-hybridized carbons (Fsp3) is 0.500. The molecule has 0 unspecified atom stereocenters. The third-order valence-electron chi connectivity index (χ3n) is 2.25. The highest BCUT2D eigenvalue weighted by Crippen LogP contribution is 2.23. The molecular formula is C8H10N2O2. The van der Waals surface area contributed by atoms with Crippen LogP contribution in [0, 0.1) is 0 Å². The molecule has 0 amide bonds. The van der Waals surface area contributed by atoms with E-state index in [1.165, 1.54) is 0 Å². The van der Waals surface area contributed by atoms with Gasteiger partial charge in [-0.05, 0) is 12.8 Å². The van der Waals surface area contributed by atoms with Gasteiger partial charge in [-0.1, -0.05) is 0 Å². The van der Waals surface area contributed by atoms with Gasteiger partial charge >= 0.3 is 5.97 Å².